The summed E-state index contributed by atoms with van der Waals surface area (Å²) >= 11 is 0. The van der Waals surface area contributed by atoms with E-state index in [0.717, 1.165) is 19.3 Å². The Morgan fingerprint density at radius 3 is 2.88 bits per heavy atom. The Hall–Kier alpha value is -1.08. The van der Waals surface area contributed by atoms with Crippen molar-refractivity contribution in [1.29, 1.82) is 0 Å². The van der Waals surface area contributed by atoms with Gasteiger partial charge in [-0.25, -0.2) is 0 Å². The zero-order chi connectivity index (χ0) is 11.4. The highest BCUT2D eigenvalue weighted by Gasteiger charge is 2.22. The zero-order valence-corrected chi connectivity index (χ0v) is 9.86. The fourth-order valence-electron chi connectivity index (χ4n) is 2.64. The normalized spacial score (nSPS) is 21.2. The van der Waals surface area contributed by atoms with Crippen molar-refractivity contribution in [3.05, 3.63) is 48.0 Å². The fraction of sp³-hybridized carbons (Fsp3) is 0.467. The molecule has 1 heteroatoms. The first-order chi connectivity index (χ1) is 7.81. The molecule has 2 unspecified atom stereocenters. The van der Waals surface area contributed by atoms with Gasteiger partial charge in [0.05, 0.1) is 0 Å². The van der Waals surface area contributed by atoms with E-state index < -0.39 is 0 Å². The predicted molar refractivity (Wildman–Crippen MR) is 69.4 cm³/mol. The minimum absolute atomic E-state index is 0.339. The van der Waals surface area contributed by atoms with Gasteiger partial charge >= 0.3 is 0 Å². The highest BCUT2D eigenvalue weighted by molar-refractivity contribution is 5.29. The van der Waals surface area contributed by atoms with Gasteiger partial charge in [-0.3, -0.25) is 0 Å². The molecule has 0 amide bonds. The number of fused-ring (bicyclic) bond motifs is 1. The second-order valence-electron chi connectivity index (χ2n) is 4.80. The molecule has 0 bridgehead atoms. The molecule has 0 aromatic heterocycles. The molecule has 16 heavy (non-hydrogen) atoms. The second kappa shape index (κ2) is 5.31. The van der Waals surface area contributed by atoms with Crippen LogP contribution >= 0.6 is 0 Å². The molecule has 1 aromatic carbocycles. The van der Waals surface area contributed by atoms with Crippen LogP contribution in [0.1, 0.15) is 30.4 Å². The summed E-state index contributed by atoms with van der Waals surface area (Å²) in [5.41, 5.74) is 9.27. The van der Waals surface area contributed by atoms with E-state index in [0.29, 0.717) is 12.0 Å². The summed E-state index contributed by atoms with van der Waals surface area (Å²) in [5, 5.41) is 0. The Bertz CT molecular complexity index is 356. The van der Waals surface area contributed by atoms with Gasteiger partial charge in [-0.05, 0) is 49.1 Å². The lowest BCUT2D eigenvalue weighted by Gasteiger charge is -2.29. The lowest BCUT2D eigenvalue weighted by Crippen LogP contribution is -2.33. The lowest BCUT2D eigenvalue weighted by molar-refractivity contribution is 0.360. The highest BCUT2D eigenvalue weighted by atomic mass is 14.6. The van der Waals surface area contributed by atoms with Crippen molar-refractivity contribution >= 4 is 0 Å². The number of nitrogens with two attached hydrogens (primary N) is 1. The van der Waals surface area contributed by atoms with Gasteiger partial charge in [0, 0.05) is 6.04 Å². The summed E-state index contributed by atoms with van der Waals surface area (Å²) in [4.78, 5) is 0. The van der Waals surface area contributed by atoms with Crippen LogP contribution in [-0.4, -0.2) is 6.04 Å². The maximum Gasteiger partial charge on any atom is 0.00734 e. The molecular weight excluding hydrogens is 194 g/mol. The van der Waals surface area contributed by atoms with Gasteiger partial charge in [0.2, 0.25) is 0 Å². The standard InChI is InChI=1S/C15H21N/c1-2-3-8-15(16)14-10-9-12-6-4-5-7-13(12)11-14/h2,4-7,14-15H,1,3,8-11,16H2. The maximum absolute atomic E-state index is 6.24. The first kappa shape index (κ1) is 11.4. The van der Waals surface area contributed by atoms with Crippen molar-refractivity contribution < 1.29 is 0 Å². The molecule has 1 nitrogen and oxygen atoms in total. The third kappa shape index (κ3) is 2.53. The molecule has 0 saturated heterocycles. The number of hydrogen-bond donors (Lipinski definition) is 1. The molecule has 2 rings (SSSR count). The van der Waals surface area contributed by atoms with Crippen LogP contribution in [0.5, 0.6) is 0 Å². The summed E-state index contributed by atoms with van der Waals surface area (Å²) in [6.45, 7) is 3.76. The molecule has 0 spiro atoms. The van der Waals surface area contributed by atoms with E-state index in [-0.39, 0.29) is 0 Å². The summed E-state index contributed by atoms with van der Waals surface area (Å²) < 4.78 is 0. The average Bonchev–Trinajstić information content (AvgIpc) is 2.35. The third-order valence-corrected chi connectivity index (χ3v) is 3.69. The second-order valence-corrected chi connectivity index (χ2v) is 4.80. The van der Waals surface area contributed by atoms with Gasteiger partial charge < -0.3 is 5.73 Å². The molecule has 1 aliphatic rings. The molecule has 2 N–H and O–H groups in total. The van der Waals surface area contributed by atoms with E-state index in [2.05, 4.69) is 30.8 Å². The average molecular weight is 215 g/mol. The zero-order valence-electron chi connectivity index (χ0n) is 9.86. The van der Waals surface area contributed by atoms with E-state index >= 15 is 0 Å². The molecule has 2 atom stereocenters. The minimum atomic E-state index is 0.339. The fourth-order valence-corrected chi connectivity index (χ4v) is 2.64. The van der Waals surface area contributed by atoms with Gasteiger partial charge in [0.1, 0.15) is 0 Å². The van der Waals surface area contributed by atoms with Crippen LogP contribution in [0.4, 0.5) is 0 Å². The van der Waals surface area contributed by atoms with Crippen LogP contribution in [0.2, 0.25) is 0 Å². The topological polar surface area (TPSA) is 26.0 Å². The maximum atomic E-state index is 6.24. The predicted octanol–water partition coefficient (Wildman–Crippen LogP) is 3.09. The van der Waals surface area contributed by atoms with E-state index in [4.69, 9.17) is 5.73 Å². The van der Waals surface area contributed by atoms with Crippen LogP contribution in [-0.2, 0) is 12.8 Å². The Morgan fingerprint density at radius 1 is 1.38 bits per heavy atom. The molecule has 0 aliphatic heterocycles. The van der Waals surface area contributed by atoms with Gasteiger partial charge in [-0.1, -0.05) is 30.3 Å². The van der Waals surface area contributed by atoms with Crippen molar-refractivity contribution in [2.24, 2.45) is 11.7 Å². The van der Waals surface area contributed by atoms with E-state index in [1.165, 1.54) is 24.0 Å². The number of benzene rings is 1. The van der Waals surface area contributed by atoms with Crippen LogP contribution < -0.4 is 5.73 Å². The van der Waals surface area contributed by atoms with Crippen LogP contribution in [0, 0.1) is 5.92 Å². The van der Waals surface area contributed by atoms with Crippen molar-refractivity contribution in [3.8, 4) is 0 Å². The molecule has 86 valence electrons. The van der Waals surface area contributed by atoms with Crippen LogP contribution in [0.25, 0.3) is 0 Å². The molecule has 1 aromatic rings. The van der Waals surface area contributed by atoms with Gasteiger partial charge in [-0.15, -0.1) is 6.58 Å². The van der Waals surface area contributed by atoms with E-state index in [9.17, 15) is 0 Å². The summed E-state index contributed by atoms with van der Waals surface area (Å²) in [6.07, 6.45) is 7.69. The Morgan fingerprint density at radius 2 is 2.12 bits per heavy atom. The summed E-state index contributed by atoms with van der Waals surface area (Å²) in [6, 6.07) is 9.11. The van der Waals surface area contributed by atoms with Crippen molar-refractivity contribution in [3.63, 3.8) is 0 Å². The first-order valence-electron chi connectivity index (χ1n) is 6.24. The largest absolute Gasteiger partial charge is 0.327 e. The third-order valence-electron chi connectivity index (χ3n) is 3.69. The van der Waals surface area contributed by atoms with E-state index in [1.807, 2.05) is 6.08 Å². The van der Waals surface area contributed by atoms with Gasteiger partial charge in [0.25, 0.3) is 0 Å². The minimum Gasteiger partial charge on any atom is -0.327 e. The summed E-state index contributed by atoms with van der Waals surface area (Å²) in [7, 11) is 0. The van der Waals surface area contributed by atoms with Crippen LogP contribution in [0.3, 0.4) is 0 Å². The van der Waals surface area contributed by atoms with Crippen molar-refractivity contribution in [1.82, 2.24) is 0 Å². The monoisotopic (exact) mass is 215 g/mol. The highest BCUT2D eigenvalue weighted by Crippen LogP contribution is 2.28. The van der Waals surface area contributed by atoms with Crippen molar-refractivity contribution in [2.75, 3.05) is 0 Å². The Kier molecular flexibility index (Phi) is 3.79. The molecule has 0 heterocycles. The smallest absolute Gasteiger partial charge is 0.00734 e. The van der Waals surface area contributed by atoms with Gasteiger partial charge in [0.15, 0.2) is 0 Å². The Balaban J connectivity index is 1.99. The Labute approximate surface area is 98.4 Å². The number of rotatable bonds is 4. The number of hydrogen-bond acceptors (Lipinski definition) is 1. The van der Waals surface area contributed by atoms with Gasteiger partial charge in [-0.2, -0.15) is 0 Å². The molecular formula is C15H21N. The molecule has 0 radical (unpaired) electrons. The lowest BCUT2D eigenvalue weighted by atomic mass is 9.79. The summed E-state index contributed by atoms with van der Waals surface area (Å²) in [5.74, 6) is 0.662. The molecule has 0 saturated carbocycles. The van der Waals surface area contributed by atoms with Crippen LogP contribution in [0.15, 0.2) is 36.9 Å². The quantitative estimate of drug-likeness (QED) is 0.767. The molecule has 1 aliphatic carbocycles. The number of allylic oxidation sites excluding steroid dienone is 1. The number of aryl methyl sites for hydroxylation is 1. The molecule has 0 fully saturated rings. The van der Waals surface area contributed by atoms with E-state index in [1.54, 1.807) is 0 Å². The first-order valence-corrected chi connectivity index (χ1v) is 6.24. The SMILES string of the molecule is C=CCCC(N)C1CCc2ccccc2C1. The van der Waals surface area contributed by atoms with Crippen molar-refractivity contribution in [2.45, 2.75) is 38.1 Å².